The molecular weight excluding hydrogens is 498 g/mol. The summed E-state index contributed by atoms with van der Waals surface area (Å²) in [4.78, 5) is 42.1. The molecule has 0 aliphatic rings. The van der Waals surface area contributed by atoms with Gasteiger partial charge in [0.15, 0.2) is 0 Å². The number of rotatable bonds is 11. The Morgan fingerprint density at radius 2 is 1.64 bits per heavy atom. The van der Waals surface area contributed by atoms with Crippen LogP contribution >= 0.6 is 0 Å². The molecule has 0 saturated carbocycles. The Labute approximate surface area is 231 Å². The quantitative estimate of drug-likeness (QED) is 0.325. The SMILES string of the molecule is CCCCN(C(=O)C(Cc1ccc(O)cc1)NC(=O)OC(C)(C)C)C(C(=O)NC(C)C)c1cccc(C)c1O. The van der Waals surface area contributed by atoms with Crippen LogP contribution in [0.5, 0.6) is 11.5 Å². The number of alkyl carbamates (subject to hydrolysis) is 1. The van der Waals surface area contributed by atoms with Gasteiger partial charge in [0.1, 0.15) is 29.2 Å². The first-order valence-electron chi connectivity index (χ1n) is 13.4. The van der Waals surface area contributed by atoms with Gasteiger partial charge in [-0.1, -0.05) is 43.7 Å². The second kappa shape index (κ2) is 13.9. The summed E-state index contributed by atoms with van der Waals surface area (Å²) in [7, 11) is 0. The second-order valence-corrected chi connectivity index (χ2v) is 11.0. The Kier molecular flexibility index (Phi) is 11.2. The van der Waals surface area contributed by atoms with Gasteiger partial charge < -0.3 is 30.5 Å². The number of amides is 3. The number of nitrogens with zero attached hydrogens (tertiary/aromatic N) is 1. The number of ether oxygens (including phenoxy) is 1. The molecule has 2 atom stereocenters. The zero-order valence-corrected chi connectivity index (χ0v) is 24.1. The van der Waals surface area contributed by atoms with E-state index in [9.17, 15) is 24.6 Å². The van der Waals surface area contributed by atoms with E-state index in [1.807, 2.05) is 20.8 Å². The first-order chi connectivity index (χ1) is 18.2. The number of aromatic hydroxyl groups is 2. The van der Waals surface area contributed by atoms with Gasteiger partial charge in [-0.05, 0) is 71.2 Å². The summed E-state index contributed by atoms with van der Waals surface area (Å²) in [5, 5.41) is 26.2. The van der Waals surface area contributed by atoms with Gasteiger partial charge in [0.05, 0.1) is 0 Å². The Morgan fingerprint density at radius 3 is 2.21 bits per heavy atom. The Balaban J connectivity index is 2.60. The molecular formula is C30H43N3O6. The summed E-state index contributed by atoms with van der Waals surface area (Å²) < 4.78 is 5.44. The summed E-state index contributed by atoms with van der Waals surface area (Å²) in [6.45, 7) is 12.7. The molecule has 0 aromatic heterocycles. The van der Waals surface area contributed by atoms with E-state index in [-0.39, 0.29) is 30.5 Å². The molecule has 2 rings (SSSR count). The first kappa shape index (κ1) is 31.5. The van der Waals surface area contributed by atoms with E-state index in [1.54, 1.807) is 58.0 Å². The van der Waals surface area contributed by atoms with Crippen LogP contribution in [0.1, 0.15) is 77.1 Å². The van der Waals surface area contributed by atoms with E-state index in [1.165, 1.54) is 17.0 Å². The highest BCUT2D eigenvalue weighted by molar-refractivity contribution is 5.93. The molecule has 0 radical (unpaired) electrons. The number of nitrogens with one attached hydrogen (secondary N) is 2. The molecule has 2 unspecified atom stereocenters. The van der Waals surface area contributed by atoms with Gasteiger partial charge in [0.2, 0.25) is 11.8 Å². The van der Waals surface area contributed by atoms with Gasteiger partial charge >= 0.3 is 6.09 Å². The summed E-state index contributed by atoms with van der Waals surface area (Å²) in [5.41, 5.74) is 0.785. The van der Waals surface area contributed by atoms with Crippen molar-refractivity contribution in [3.8, 4) is 11.5 Å². The molecule has 9 heteroatoms. The van der Waals surface area contributed by atoms with Crippen LogP contribution in [0.4, 0.5) is 4.79 Å². The van der Waals surface area contributed by atoms with Gasteiger partial charge in [-0.15, -0.1) is 0 Å². The summed E-state index contributed by atoms with van der Waals surface area (Å²) in [6.07, 6.45) is 0.683. The van der Waals surface area contributed by atoms with Gasteiger partial charge in [-0.3, -0.25) is 9.59 Å². The lowest BCUT2D eigenvalue weighted by Crippen LogP contribution is -2.54. The van der Waals surface area contributed by atoms with Crippen molar-refractivity contribution in [3.05, 3.63) is 59.2 Å². The van der Waals surface area contributed by atoms with Crippen molar-refractivity contribution in [1.82, 2.24) is 15.5 Å². The van der Waals surface area contributed by atoms with Crippen molar-refractivity contribution < 1.29 is 29.3 Å². The maximum atomic E-state index is 14.3. The highest BCUT2D eigenvalue weighted by Gasteiger charge is 2.37. The summed E-state index contributed by atoms with van der Waals surface area (Å²) >= 11 is 0. The lowest BCUT2D eigenvalue weighted by molar-refractivity contribution is -0.142. The molecule has 0 fully saturated rings. The number of phenols is 2. The zero-order chi connectivity index (χ0) is 29.3. The lowest BCUT2D eigenvalue weighted by atomic mass is 9.97. The van der Waals surface area contributed by atoms with Gasteiger partial charge in [-0.25, -0.2) is 4.79 Å². The molecule has 9 nitrogen and oxygen atoms in total. The number of phenolic OH excluding ortho intramolecular Hbond substituents is 2. The Bertz CT molecular complexity index is 1120. The third-order valence-electron chi connectivity index (χ3n) is 5.96. The maximum Gasteiger partial charge on any atom is 0.408 e. The largest absolute Gasteiger partial charge is 0.508 e. The fraction of sp³-hybridized carbons (Fsp3) is 0.500. The van der Waals surface area contributed by atoms with Crippen molar-refractivity contribution in [2.24, 2.45) is 0 Å². The van der Waals surface area contributed by atoms with Crippen LogP contribution in [-0.4, -0.2) is 57.3 Å². The fourth-order valence-corrected chi connectivity index (χ4v) is 4.13. The van der Waals surface area contributed by atoms with Crippen LogP contribution in [0.2, 0.25) is 0 Å². The third-order valence-corrected chi connectivity index (χ3v) is 5.96. The van der Waals surface area contributed by atoms with Gasteiger partial charge in [0.25, 0.3) is 0 Å². The normalized spacial score (nSPS) is 12.9. The molecule has 3 amide bonds. The monoisotopic (exact) mass is 541 g/mol. The lowest BCUT2D eigenvalue weighted by Gasteiger charge is -2.35. The van der Waals surface area contributed by atoms with Crippen molar-refractivity contribution >= 4 is 17.9 Å². The Hall–Kier alpha value is -3.75. The average Bonchev–Trinajstić information content (AvgIpc) is 2.82. The van der Waals surface area contributed by atoms with Crippen LogP contribution in [0.3, 0.4) is 0 Å². The topological polar surface area (TPSA) is 128 Å². The molecule has 2 aromatic carbocycles. The van der Waals surface area contributed by atoms with E-state index in [2.05, 4.69) is 10.6 Å². The fourth-order valence-electron chi connectivity index (χ4n) is 4.13. The number of hydrogen-bond acceptors (Lipinski definition) is 6. The number of aryl methyl sites for hydroxylation is 1. The van der Waals surface area contributed by atoms with Crippen LogP contribution in [0.15, 0.2) is 42.5 Å². The predicted molar refractivity (Wildman–Crippen MR) is 150 cm³/mol. The van der Waals surface area contributed by atoms with E-state index in [0.717, 1.165) is 6.42 Å². The highest BCUT2D eigenvalue weighted by Crippen LogP contribution is 2.33. The zero-order valence-electron chi connectivity index (χ0n) is 24.1. The second-order valence-electron chi connectivity index (χ2n) is 11.0. The number of carbonyl (C=O) groups excluding carboxylic acids is 3. The van der Waals surface area contributed by atoms with Crippen LogP contribution < -0.4 is 10.6 Å². The highest BCUT2D eigenvalue weighted by atomic mass is 16.6. The van der Waals surface area contributed by atoms with Gasteiger partial charge in [-0.2, -0.15) is 0 Å². The number of carbonyl (C=O) groups is 3. The van der Waals surface area contributed by atoms with E-state index in [0.29, 0.717) is 23.1 Å². The smallest absolute Gasteiger partial charge is 0.408 e. The van der Waals surface area contributed by atoms with E-state index in [4.69, 9.17) is 4.74 Å². The maximum absolute atomic E-state index is 14.3. The van der Waals surface area contributed by atoms with Crippen molar-refractivity contribution in [3.63, 3.8) is 0 Å². The third kappa shape index (κ3) is 9.50. The minimum atomic E-state index is -1.13. The number of hydrogen-bond donors (Lipinski definition) is 4. The standard InChI is InChI=1S/C30H43N3O6/c1-8-9-17-33(25(27(36)31-19(2)3)23-12-10-11-20(4)26(23)35)28(37)24(32-29(38)39-30(5,6)7)18-21-13-15-22(34)16-14-21/h10-16,19,24-25,34-35H,8-9,17-18H2,1-7H3,(H,31,36)(H,32,38). The van der Waals surface area contributed by atoms with Crippen molar-refractivity contribution in [2.45, 2.75) is 91.5 Å². The minimum Gasteiger partial charge on any atom is -0.508 e. The predicted octanol–water partition coefficient (Wildman–Crippen LogP) is 4.74. The van der Waals surface area contributed by atoms with E-state index < -0.39 is 35.6 Å². The molecule has 0 saturated heterocycles. The number of para-hydroxylation sites is 1. The number of unbranched alkanes of at least 4 members (excludes halogenated alkanes) is 1. The van der Waals surface area contributed by atoms with Crippen molar-refractivity contribution in [1.29, 1.82) is 0 Å². The minimum absolute atomic E-state index is 0.0640. The molecule has 0 spiro atoms. The summed E-state index contributed by atoms with van der Waals surface area (Å²) in [6, 6.07) is 9.01. The average molecular weight is 542 g/mol. The molecule has 2 aromatic rings. The Morgan fingerprint density at radius 1 is 1.00 bits per heavy atom. The van der Waals surface area contributed by atoms with Gasteiger partial charge in [0, 0.05) is 24.6 Å². The molecule has 0 aliphatic carbocycles. The van der Waals surface area contributed by atoms with E-state index >= 15 is 0 Å². The number of benzene rings is 2. The molecule has 0 aliphatic heterocycles. The molecule has 0 bridgehead atoms. The van der Waals surface area contributed by atoms with Crippen LogP contribution in [-0.2, 0) is 20.7 Å². The molecule has 39 heavy (non-hydrogen) atoms. The van der Waals surface area contributed by atoms with Crippen LogP contribution in [0, 0.1) is 6.92 Å². The molecule has 4 N–H and O–H groups in total. The molecule has 214 valence electrons. The van der Waals surface area contributed by atoms with Crippen molar-refractivity contribution in [2.75, 3.05) is 6.54 Å². The van der Waals surface area contributed by atoms with Crippen LogP contribution in [0.25, 0.3) is 0 Å². The first-order valence-corrected chi connectivity index (χ1v) is 13.4. The summed E-state index contributed by atoms with van der Waals surface area (Å²) in [5.74, 6) is -0.916. The molecule has 0 heterocycles.